The van der Waals surface area contributed by atoms with E-state index in [0.717, 1.165) is 18.4 Å². The zero-order valence-corrected chi connectivity index (χ0v) is 8.42. The zero-order chi connectivity index (χ0) is 11.3. The molecular formula is C9H13N3O3. The van der Waals surface area contributed by atoms with Crippen LogP contribution in [-0.2, 0) is 11.4 Å². The maximum atomic E-state index is 10.0. The van der Waals surface area contributed by atoms with Crippen LogP contribution in [0.1, 0.15) is 18.9 Å². The molecular weight excluding hydrogens is 198 g/mol. The molecule has 15 heavy (non-hydrogen) atoms. The van der Waals surface area contributed by atoms with E-state index in [9.17, 15) is 10.1 Å². The fraction of sp³-hybridized carbons (Fsp3) is 0.333. The van der Waals surface area contributed by atoms with E-state index in [2.05, 4.69) is 11.9 Å². The maximum Gasteiger partial charge on any atom is 0.318 e. The molecule has 0 radical (unpaired) electrons. The van der Waals surface area contributed by atoms with Crippen molar-refractivity contribution in [2.75, 3.05) is 5.17 Å². The number of hydrogen-bond acceptors (Lipinski definition) is 5. The normalized spacial score (nSPS) is 9.73. The minimum Gasteiger partial charge on any atom is -0.223 e. The third-order valence-electron chi connectivity index (χ3n) is 1.88. The van der Waals surface area contributed by atoms with Crippen LogP contribution >= 0.6 is 0 Å². The highest BCUT2D eigenvalue weighted by Gasteiger charge is 2.05. The Hall–Kier alpha value is -1.82. The summed E-state index contributed by atoms with van der Waals surface area (Å²) >= 11 is 0. The summed E-state index contributed by atoms with van der Waals surface area (Å²) < 4.78 is 0. The van der Waals surface area contributed by atoms with Crippen LogP contribution in [0.15, 0.2) is 24.3 Å². The van der Waals surface area contributed by atoms with Gasteiger partial charge >= 0.3 is 5.09 Å². The molecule has 1 rings (SSSR count). The average Bonchev–Trinajstić information content (AvgIpc) is 2.18. The van der Waals surface area contributed by atoms with E-state index in [0.29, 0.717) is 10.9 Å². The molecule has 0 spiro atoms. The molecule has 6 heteroatoms. The van der Waals surface area contributed by atoms with E-state index in [-0.39, 0.29) is 0 Å². The topological polar surface area (TPSA) is 81.6 Å². The van der Waals surface area contributed by atoms with Crippen molar-refractivity contribution in [3.63, 3.8) is 0 Å². The van der Waals surface area contributed by atoms with Gasteiger partial charge in [-0.05, 0) is 24.1 Å². The van der Waals surface area contributed by atoms with E-state index in [4.69, 9.17) is 5.84 Å². The van der Waals surface area contributed by atoms with Crippen LogP contribution in [0.4, 0.5) is 5.69 Å². The highest BCUT2D eigenvalue weighted by Crippen LogP contribution is 2.13. The summed E-state index contributed by atoms with van der Waals surface area (Å²) in [5, 5.41) is 9.68. The van der Waals surface area contributed by atoms with Crippen LogP contribution in [0.5, 0.6) is 0 Å². The highest BCUT2D eigenvalue weighted by atomic mass is 17.0. The Kier molecular flexibility index (Phi) is 3.87. The van der Waals surface area contributed by atoms with Crippen molar-refractivity contribution >= 4 is 5.69 Å². The second kappa shape index (κ2) is 5.16. The Balaban J connectivity index is 2.66. The van der Waals surface area contributed by atoms with Gasteiger partial charge in [-0.3, -0.25) is 0 Å². The predicted octanol–water partition coefficient (Wildman–Crippen LogP) is 1.44. The van der Waals surface area contributed by atoms with E-state index >= 15 is 0 Å². The number of nitrogens with zero attached hydrogens (tertiary/aromatic N) is 2. The standard InChI is InChI=1S/C9H13N3O3/c1-2-3-8-4-6-9(7-5-8)11(10)15-12(13)14/h4-7H,2-3,10H2,1H3. The minimum atomic E-state index is -0.958. The number of hydrogen-bond donors (Lipinski definition) is 1. The quantitative estimate of drug-likeness (QED) is 0.452. The van der Waals surface area contributed by atoms with E-state index < -0.39 is 5.09 Å². The Morgan fingerprint density at radius 3 is 2.53 bits per heavy atom. The van der Waals surface area contributed by atoms with Gasteiger partial charge in [-0.25, -0.2) is 5.84 Å². The summed E-state index contributed by atoms with van der Waals surface area (Å²) in [6, 6.07) is 7.08. The number of aryl methyl sites for hydroxylation is 1. The molecule has 0 aliphatic carbocycles. The van der Waals surface area contributed by atoms with Crippen molar-refractivity contribution < 1.29 is 10.0 Å². The fourth-order valence-corrected chi connectivity index (χ4v) is 1.22. The van der Waals surface area contributed by atoms with Crippen molar-refractivity contribution in [1.29, 1.82) is 0 Å². The molecule has 2 N–H and O–H groups in total. The lowest BCUT2D eigenvalue weighted by molar-refractivity contribution is -0.762. The second-order valence-corrected chi connectivity index (χ2v) is 3.05. The first-order chi connectivity index (χ1) is 7.13. The molecule has 1 aromatic carbocycles. The van der Waals surface area contributed by atoms with Gasteiger partial charge in [-0.2, -0.15) is 4.94 Å². The summed E-state index contributed by atoms with van der Waals surface area (Å²) in [5.41, 5.74) is 1.60. The minimum absolute atomic E-state index is 0.437. The van der Waals surface area contributed by atoms with Gasteiger partial charge < -0.3 is 0 Å². The average molecular weight is 211 g/mol. The van der Waals surface area contributed by atoms with Gasteiger partial charge in [0.15, 0.2) is 0 Å². The van der Waals surface area contributed by atoms with Crippen LogP contribution in [0.2, 0.25) is 0 Å². The second-order valence-electron chi connectivity index (χ2n) is 3.05. The van der Waals surface area contributed by atoms with Crippen molar-refractivity contribution in [2.45, 2.75) is 19.8 Å². The van der Waals surface area contributed by atoms with E-state index in [1.54, 1.807) is 12.1 Å². The Morgan fingerprint density at radius 1 is 1.47 bits per heavy atom. The maximum absolute atomic E-state index is 10.0. The van der Waals surface area contributed by atoms with Crippen molar-refractivity contribution in [2.24, 2.45) is 5.84 Å². The van der Waals surface area contributed by atoms with Gasteiger partial charge in [-0.1, -0.05) is 25.5 Å². The number of nitrogens with two attached hydrogens (primary N) is 1. The van der Waals surface area contributed by atoms with Gasteiger partial charge in [0.1, 0.15) is 0 Å². The molecule has 1 aromatic rings. The van der Waals surface area contributed by atoms with E-state index in [1.807, 2.05) is 12.1 Å². The lowest BCUT2D eigenvalue weighted by atomic mass is 10.1. The smallest absolute Gasteiger partial charge is 0.223 e. The summed E-state index contributed by atoms with van der Waals surface area (Å²) in [6.45, 7) is 2.08. The van der Waals surface area contributed by atoms with Gasteiger partial charge in [0.2, 0.25) is 0 Å². The number of hydrazine groups is 1. The lowest BCUT2D eigenvalue weighted by Crippen LogP contribution is -2.33. The zero-order valence-electron chi connectivity index (χ0n) is 8.42. The molecule has 0 aliphatic heterocycles. The van der Waals surface area contributed by atoms with Crippen LogP contribution < -0.4 is 11.0 Å². The highest BCUT2D eigenvalue weighted by molar-refractivity contribution is 5.43. The molecule has 6 nitrogen and oxygen atoms in total. The molecule has 0 saturated heterocycles. The molecule has 82 valence electrons. The SMILES string of the molecule is CCCc1ccc(N(N)O[N+](=O)[O-])cc1. The van der Waals surface area contributed by atoms with Crippen molar-refractivity contribution in [1.82, 2.24) is 0 Å². The lowest BCUT2D eigenvalue weighted by Gasteiger charge is -2.14. The number of anilines is 1. The first-order valence-electron chi connectivity index (χ1n) is 4.59. The third kappa shape index (κ3) is 3.43. The largest absolute Gasteiger partial charge is 0.318 e. The number of rotatable bonds is 5. The van der Waals surface area contributed by atoms with Crippen LogP contribution in [0.25, 0.3) is 0 Å². The molecule has 0 amide bonds. The van der Waals surface area contributed by atoms with E-state index in [1.165, 1.54) is 0 Å². The number of benzene rings is 1. The molecule has 0 unspecified atom stereocenters. The van der Waals surface area contributed by atoms with Crippen molar-refractivity contribution in [3.05, 3.63) is 39.9 Å². The summed E-state index contributed by atoms with van der Waals surface area (Å²) in [5.74, 6) is 5.29. The van der Waals surface area contributed by atoms with Gasteiger partial charge in [0.05, 0.1) is 5.69 Å². The Morgan fingerprint density at radius 2 is 2.07 bits per heavy atom. The molecule has 0 atom stereocenters. The summed E-state index contributed by atoms with van der Waals surface area (Å²) in [7, 11) is 0. The van der Waals surface area contributed by atoms with Crippen molar-refractivity contribution in [3.8, 4) is 0 Å². The fourth-order valence-electron chi connectivity index (χ4n) is 1.22. The van der Waals surface area contributed by atoms with Crippen LogP contribution in [-0.4, -0.2) is 5.09 Å². The van der Waals surface area contributed by atoms with Crippen LogP contribution in [0, 0.1) is 10.1 Å². The molecule has 0 fully saturated rings. The summed E-state index contributed by atoms with van der Waals surface area (Å²) in [6.07, 6.45) is 2.03. The Bertz CT molecular complexity index is 326. The first-order valence-corrected chi connectivity index (χ1v) is 4.59. The molecule has 0 bridgehead atoms. The first kappa shape index (κ1) is 11.3. The predicted molar refractivity (Wildman–Crippen MR) is 55.2 cm³/mol. The molecule has 0 heterocycles. The molecule has 0 saturated carbocycles. The molecule has 0 aliphatic rings. The Labute approximate surface area is 87.3 Å². The third-order valence-corrected chi connectivity index (χ3v) is 1.88. The van der Waals surface area contributed by atoms with Gasteiger partial charge in [-0.15, -0.1) is 15.3 Å². The summed E-state index contributed by atoms with van der Waals surface area (Å²) in [4.78, 5) is 14.1. The molecule has 0 aromatic heterocycles. The van der Waals surface area contributed by atoms with Gasteiger partial charge in [0, 0.05) is 0 Å². The van der Waals surface area contributed by atoms with Crippen LogP contribution in [0.3, 0.4) is 0 Å². The van der Waals surface area contributed by atoms with Gasteiger partial charge in [0.25, 0.3) is 0 Å². The monoisotopic (exact) mass is 211 g/mol.